The minimum Gasteiger partial charge on any atom is -0.478 e. The molecule has 6 nitrogen and oxygen atoms in total. The molecule has 0 aliphatic heterocycles. The van der Waals surface area contributed by atoms with Crippen LogP contribution in [-0.2, 0) is 0 Å². The molecule has 0 spiro atoms. The summed E-state index contributed by atoms with van der Waals surface area (Å²) in [6, 6.07) is 4.49. The van der Waals surface area contributed by atoms with Crippen molar-refractivity contribution >= 4 is 17.1 Å². The van der Waals surface area contributed by atoms with Crippen LogP contribution in [0, 0.1) is 6.92 Å². The summed E-state index contributed by atoms with van der Waals surface area (Å²) in [6.45, 7) is 1.77. The Labute approximate surface area is 101 Å². The topological polar surface area (TPSA) is 89.4 Å². The molecule has 0 atom stereocenters. The van der Waals surface area contributed by atoms with Gasteiger partial charge < -0.3 is 13.9 Å². The van der Waals surface area contributed by atoms with Crippen LogP contribution in [0.15, 0.2) is 33.4 Å². The zero-order valence-electron chi connectivity index (χ0n) is 9.38. The van der Waals surface area contributed by atoms with Crippen LogP contribution in [0.2, 0.25) is 0 Å². The standard InChI is InChI=1S/C12H8N2O4/c1-6-10(17-5-13-6)11-14-8-4-7(12(15)16)2-3-9(8)18-11/h2-5H,1H3,(H,15,16). The summed E-state index contributed by atoms with van der Waals surface area (Å²) >= 11 is 0. The van der Waals surface area contributed by atoms with E-state index in [1.165, 1.54) is 18.5 Å². The number of rotatable bonds is 2. The predicted octanol–water partition coefficient (Wildman–Crippen LogP) is 2.49. The largest absolute Gasteiger partial charge is 0.478 e. The van der Waals surface area contributed by atoms with Gasteiger partial charge in [-0.1, -0.05) is 0 Å². The van der Waals surface area contributed by atoms with Crippen molar-refractivity contribution in [1.82, 2.24) is 9.97 Å². The van der Waals surface area contributed by atoms with Gasteiger partial charge in [0.25, 0.3) is 5.89 Å². The fraction of sp³-hybridized carbons (Fsp3) is 0.0833. The number of aromatic nitrogens is 2. The number of nitrogens with zero attached hydrogens (tertiary/aromatic N) is 2. The molecule has 18 heavy (non-hydrogen) atoms. The Kier molecular flexibility index (Phi) is 2.16. The molecule has 1 N–H and O–H groups in total. The number of hydrogen-bond donors (Lipinski definition) is 1. The van der Waals surface area contributed by atoms with Gasteiger partial charge in [0.2, 0.25) is 5.76 Å². The molecule has 2 heterocycles. The summed E-state index contributed by atoms with van der Waals surface area (Å²) in [6.07, 6.45) is 1.31. The average Bonchev–Trinajstić information content (AvgIpc) is 2.92. The lowest BCUT2D eigenvalue weighted by Crippen LogP contribution is -1.94. The van der Waals surface area contributed by atoms with Gasteiger partial charge in [0.1, 0.15) is 5.52 Å². The number of carboxylic acids is 1. The molecule has 0 saturated heterocycles. The van der Waals surface area contributed by atoms with Gasteiger partial charge in [-0.25, -0.2) is 14.8 Å². The Balaban J connectivity index is 2.17. The number of hydrogen-bond acceptors (Lipinski definition) is 5. The molecule has 6 heteroatoms. The van der Waals surface area contributed by atoms with Crippen molar-refractivity contribution in [3.05, 3.63) is 35.9 Å². The minimum absolute atomic E-state index is 0.164. The molecule has 0 amide bonds. The first-order chi connectivity index (χ1) is 8.65. The van der Waals surface area contributed by atoms with Crippen LogP contribution < -0.4 is 0 Å². The first-order valence-electron chi connectivity index (χ1n) is 5.19. The molecule has 0 saturated carbocycles. The van der Waals surface area contributed by atoms with Crippen LogP contribution in [0.4, 0.5) is 0 Å². The summed E-state index contributed by atoms with van der Waals surface area (Å²) in [5.74, 6) is -0.261. The highest BCUT2D eigenvalue weighted by Gasteiger charge is 2.15. The second kappa shape index (κ2) is 3.69. The first-order valence-corrected chi connectivity index (χ1v) is 5.19. The molecular weight excluding hydrogens is 236 g/mol. The van der Waals surface area contributed by atoms with Gasteiger partial charge in [-0.05, 0) is 25.1 Å². The summed E-state index contributed by atoms with van der Waals surface area (Å²) in [7, 11) is 0. The van der Waals surface area contributed by atoms with Gasteiger partial charge in [-0.2, -0.15) is 0 Å². The van der Waals surface area contributed by atoms with E-state index in [0.29, 0.717) is 28.4 Å². The van der Waals surface area contributed by atoms with Crippen LogP contribution in [0.3, 0.4) is 0 Å². The molecule has 0 aliphatic carbocycles. The van der Waals surface area contributed by atoms with Crippen LogP contribution in [0.25, 0.3) is 22.8 Å². The Morgan fingerprint density at radius 2 is 2.22 bits per heavy atom. The second-order valence-electron chi connectivity index (χ2n) is 3.77. The zero-order valence-corrected chi connectivity index (χ0v) is 9.38. The molecule has 3 rings (SSSR count). The fourth-order valence-electron chi connectivity index (χ4n) is 1.66. The number of carbonyl (C=O) groups is 1. The molecule has 3 aromatic rings. The highest BCUT2D eigenvalue weighted by atomic mass is 16.4. The van der Waals surface area contributed by atoms with Crippen LogP contribution in [-0.4, -0.2) is 21.0 Å². The van der Waals surface area contributed by atoms with Gasteiger partial charge in [0.05, 0.1) is 11.3 Å². The van der Waals surface area contributed by atoms with Gasteiger partial charge in [0.15, 0.2) is 12.0 Å². The smallest absolute Gasteiger partial charge is 0.335 e. The molecule has 0 unspecified atom stereocenters. The number of aryl methyl sites for hydroxylation is 1. The molecule has 0 bridgehead atoms. The zero-order chi connectivity index (χ0) is 12.7. The van der Waals surface area contributed by atoms with Crippen molar-refractivity contribution in [2.24, 2.45) is 0 Å². The Morgan fingerprint density at radius 3 is 2.89 bits per heavy atom. The van der Waals surface area contributed by atoms with E-state index in [2.05, 4.69) is 9.97 Å². The van der Waals surface area contributed by atoms with Crippen molar-refractivity contribution in [3.63, 3.8) is 0 Å². The molecule has 1 aromatic carbocycles. The van der Waals surface area contributed by atoms with E-state index in [1.54, 1.807) is 13.0 Å². The van der Waals surface area contributed by atoms with E-state index in [4.69, 9.17) is 13.9 Å². The maximum Gasteiger partial charge on any atom is 0.335 e. The third kappa shape index (κ3) is 1.55. The maximum absolute atomic E-state index is 10.8. The second-order valence-corrected chi connectivity index (χ2v) is 3.77. The summed E-state index contributed by atoms with van der Waals surface area (Å²) in [5, 5.41) is 8.89. The molecule has 0 fully saturated rings. The lowest BCUT2D eigenvalue weighted by molar-refractivity contribution is 0.0697. The quantitative estimate of drug-likeness (QED) is 0.744. The molecule has 90 valence electrons. The number of aromatic carboxylic acids is 1. The highest BCUT2D eigenvalue weighted by Crippen LogP contribution is 2.26. The minimum atomic E-state index is -1.00. The van der Waals surface area contributed by atoms with Gasteiger partial charge in [-0.15, -0.1) is 0 Å². The van der Waals surface area contributed by atoms with Gasteiger partial charge in [-0.3, -0.25) is 0 Å². The van der Waals surface area contributed by atoms with Crippen molar-refractivity contribution < 1.29 is 18.7 Å². The van der Waals surface area contributed by atoms with E-state index in [9.17, 15) is 4.79 Å². The van der Waals surface area contributed by atoms with Crippen LogP contribution in [0.1, 0.15) is 16.1 Å². The first kappa shape index (κ1) is 10.5. The maximum atomic E-state index is 10.8. The van der Waals surface area contributed by atoms with E-state index in [0.717, 1.165) is 0 Å². The molecule has 0 aliphatic rings. The Morgan fingerprint density at radius 1 is 1.39 bits per heavy atom. The monoisotopic (exact) mass is 244 g/mol. The highest BCUT2D eigenvalue weighted by molar-refractivity contribution is 5.92. The number of oxazole rings is 2. The third-order valence-corrected chi connectivity index (χ3v) is 2.57. The van der Waals surface area contributed by atoms with Crippen LogP contribution in [0.5, 0.6) is 0 Å². The average molecular weight is 244 g/mol. The number of carboxylic acid groups (broad SMARTS) is 1. The molecule has 2 aromatic heterocycles. The predicted molar refractivity (Wildman–Crippen MR) is 61.2 cm³/mol. The van der Waals surface area contributed by atoms with Crippen molar-refractivity contribution in [3.8, 4) is 11.7 Å². The van der Waals surface area contributed by atoms with E-state index in [-0.39, 0.29) is 5.56 Å². The normalized spacial score (nSPS) is 10.9. The van der Waals surface area contributed by atoms with Crippen molar-refractivity contribution in [1.29, 1.82) is 0 Å². The summed E-state index contributed by atoms with van der Waals surface area (Å²) < 4.78 is 10.7. The van der Waals surface area contributed by atoms with E-state index >= 15 is 0 Å². The van der Waals surface area contributed by atoms with Crippen molar-refractivity contribution in [2.75, 3.05) is 0 Å². The number of benzene rings is 1. The fourth-order valence-corrected chi connectivity index (χ4v) is 1.66. The molecule has 0 radical (unpaired) electrons. The van der Waals surface area contributed by atoms with Crippen LogP contribution >= 0.6 is 0 Å². The van der Waals surface area contributed by atoms with E-state index in [1.807, 2.05) is 0 Å². The lowest BCUT2D eigenvalue weighted by Gasteiger charge is -1.91. The summed E-state index contributed by atoms with van der Waals surface area (Å²) in [5.41, 5.74) is 1.81. The summed E-state index contributed by atoms with van der Waals surface area (Å²) in [4.78, 5) is 19.0. The van der Waals surface area contributed by atoms with Gasteiger partial charge in [0, 0.05) is 0 Å². The lowest BCUT2D eigenvalue weighted by atomic mass is 10.2. The SMILES string of the molecule is Cc1ncoc1-c1nc2cc(C(=O)O)ccc2o1. The van der Waals surface area contributed by atoms with Crippen molar-refractivity contribution in [2.45, 2.75) is 6.92 Å². The molecular formula is C12H8N2O4. The van der Waals surface area contributed by atoms with Gasteiger partial charge >= 0.3 is 5.97 Å². The third-order valence-electron chi connectivity index (χ3n) is 2.57. The van der Waals surface area contributed by atoms with E-state index < -0.39 is 5.97 Å². The Bertz CT molecular complexity index is 741. The Hall–Kier alpha value is -2.63. The number of fused-ring (bicyclic) bond motifs is 1.